The predicted molar refractivity (Wildman–Crippen MR) is 148 cm³/mol. The molecule has 0 bridgehead atoms. The number of benzene rings is 2. The van der Waals surface area contributed by atoms with Crippen LogP contribution in [0.2, 0.25) is 5.02 Å². The average molecular weight is 612 g/mol. The third-order valence-electron chi connectivity index (χ3n) is 6.62. The summed E-state index contributed by atoms with van der Waals surface area (Å²) < 4.78 is 27.8. The highest BCUT2D eigenvalue weighted by atomic mass is 35.5. The van der Waals surface area contributed by atoms with Crippen LogP contribution in [0.3, 0.4) is 0 Å². The smallest absolute Gasteiger partial charge is 0.363 e. The Kier molecular flexibility index (Phi) is 8.78. The van der Waals surface area contributed by atoms with Crippen molar-refractivity contribution in [1.29, 1.82) is 0 Å². The molecule has 5 rings (SSSR count). The number of carbonyl (C=O) groups is 2. The monoisotopic (exact) mass is 611 g/mol. The van der Waals surface area contributed by atoms with Crippen LogP contribution in [0.15, 0.2) is 93.5 Å². The van der Waals surface area contributed by atoms with E-state index in [2.05, 4.69) is 0 Å². The van der Waals surface area contributed by atoms with Gasteiger partial charge in [0.25, 0.3) is 17.0 Å². The van der Waals surface area contributed by atoms with E-state index >= 15 is 0 Å². The number of hydrogen-bond donors (Lipinski definition) is 1. The third kappa shape index (κ3) is 6.39. The first kappa shape index (κ1) is 29.8. The van der Waals surface area contributed by atoms with Gasteiger partial charge in [-0.2, -0.15) is 8.96 Å². The van der Waals surface area contributed by atoms with Gasteiger partial charge in [0.15, 0.2) is 0 Å². The third-order valence-corrected chi connectivity index (χ3v) is 6.85. The van der Waals surface area contributed by atoms with Crippen LogP contribution in [0.4, 0.5) is 4.39 Å². The van der Waals surface area contributed by atoms with Gasteiger partial charge in [-0.3, -0.25) is 19.0 Å². The van der Waals surface area contributed by atoms with Crippen LogP contribution in [0.25, 0.3) is 0 Å². The number of aliphatic hydroxyl groups excluding tert-OH is 1. The fraction of sp³-hybridized carbons (Fsp3) is 0.207. The Bertz CT molecular complexity index is 1850. The number of nitrogens with zero attached hydrogens (tertiary/aromatic N) is 3. The van der Waals surface area contributed by atoms with Gasteiger partial charge in [-0.05, 0) is 29.8 Å². The summed E-state index contributed by atoms with van der Waals surface area (Å²) in [4.78, 5) is 69.0. The van der Waals surface area contributed by atoms with E-state index in [1.807, 2.05) is 30.3 Å². The van der Waals surface area contributed by atoms with Gasteiger partial charge in [0.05, 0.1) is 42.3 Å². The maximum atomic E-state index is 14.8. The van der Waals surface area contributed by atoms with Crippen LogP contribution >= 0.6 is 11.6 Å². The van der Waals surface area contributed by atoms with Gasteiger partial charge in [0, 0.05) is 18.1 Å². The Morgan fingerprint density at radius 1 is 1.00 bits per heavy atom. The van der Waals surface area contributed by atoms with E-state index < -0.39 is 59.5 Å². The van der Waals surface area contributed by atoms with Gasteiger partial charge < -0.3 is 19.4 Å². The van der Waals surface area contributed by atoms with Crippen LogP contribution in [0, 0.1) is 5.82 Å². The number of halogens is 2. The molecule has 1 N–H and O–H groups in total. The molecular formula is C29H23ClFN3O9. The van der Waals surface area contributed by atoms with Crippen molar-refractivity contribution in [2.45, 2.75) is 31.5 Å². The van der Waals surface area contributed by atoms with Crippen molar-refractivity contribution in [3.05, 3.63) is 138 Å². The lowest BCUT2D eigenvalue weighted by Gasteiger charge is -2.17. The molecule has 0 spiro atoms. The minimum atomic E-state index is -1.52. The molecule has 2 aromatic heterocycles. The van der Waals surface area contributed by atoms with Crippen molar-refractivity contribution in [2.75, 3.05) is 6.61 Å². The molecule has 0 aliphatic carbocycles. The number of rotatable bonds is 8. The summed E-state index contributed by atoms with van der Waals surface area (Å²) in [6.07, 6.45) is -1.02. The highest BCUT2D eigenvalue weighted by molar-refractivity contribution is 6.30. The largest absolute Gasteiger partial charge is 0.394 e. The molecule has 1 aliphatic rings. The van der Waals surface area contributed by atoms with Crippen LogP contribution < -0.4 is 21.6 Å². The van der Waals surface area contributed by atoms with Crippen molar-refractivity contribution in [3.8, 4) is 0 Å². The molecule has 1 aliphatic heterocycles. The number of hydrogen-bond acceptors (Lipinski definition) is 9. The topological polar surface area (TPSA) is 148 Å². The molecule has 12 nitrogen and oxygen atoms in total. The van der Waals surface area contributed by atoms with E-state index in [-0.39, 0.29) is 33.7 Å². The van der Waals surface area contributed by atoms with E-state index in [4.69, 9.17) is 25.9 Å². The van der Waals surface area contributed by atoms with Gasteiger partial charge in [0.2, 0.25) is 5.82 Å². The van der Waals surface area contributed by atoms with Crippen molar-refractivity contribution in [2.24, 2.45) is 0 Å². The van der Waals surface area contributed by atoms with E-state index in [9.17, 15) is 33.5 Å². The fourth-order valence-electron chi connectivity index (χ4n) is 4.48. The van der Waals surface area contributed by atoms with Gasteiger partial charge in [-0.25, -0.2) is 9.59 Å². The van der Waals surface area contributed by atoms with E-state index in [1.54, 1.807) is 0 Å². The first-order valence-electron chi connectivity index (χ1n) is 12.9. The average Bonchev–Trinajstić information content (AvgIpc) is 3.43. The normalized spacial score (nSPS) is 18.0. The molecule has 43 heavy (non-hydrogen) atoms. The molecular weight excluding hydrogens is 589 g/mol. The zero-order valence-electron chi connectivity index (χ0n) is 22.2. The molecule has 14 heteroatoms. The quantitative estimate of drug-likeness (QED) is 0.315. The fourth-order valence-corrected chi connectivity index (χ4v) is 4.63. The van der Waals surface area contributed by atoms with Crippen LogP contribution in [-0.2, 0) is 16.1 Å². The predicted octanol–water partition coefficient (Wildman–Crippen LogP) is 1.79. The minimum absolute atomic E-state index is 0.00794. The zero-order chi connectivity index (χ0) is 30.7. The first-order valence-corrected chi connectivity index (χ1v) is 13.2. The summed E-state index contributed by atoms with van der Waals surface area (Å²) in [6, 6.07) is 16.3. The summed E-state index contributed by atoms with van der Waals surface area (Å²) in [5, 5.41) is 9.93. The van der Waals surface area contributed by atoms with Crippen LogP contribution in [-0.4, -0.2) is 49.7 Å². The molecule has 0 saturated carbocycles. The van der Waals surface area contributed by atoms with Gasteiger partial charge >= 0.3 is 11.7 Å². The summed E-state index contributed by atoms with van der Waals surface area (Å²) in [5.74, 6) is -3.70. The Hall–Kier alpha value is -4.69. The lowest BCUT2D eigenvalue weighted by atomic mass is 10.1. The Morgan fingerprint density at radius 2 is 1.74 bits per heavy atom. The Morgan fingerprint density at radius 3 is 2.49 bits per heavy atom. The zero-order valence-corrected chi connectivity index (χ0v) is 22.9. The molecule has 4 aromatic rings. The van der Waals surface area contributed by atoms with E-state index in [0.29, 0.717) is 10.9 Å². The molecule has 1 unspecified atom stereocenters. The van der Waals surface area contributed by atoms with Crippen molar-refractivity contribution >= 4 is 23.5 Å². The van der Waals surface area contributed by atoms with Gasteiger partial charge in [0.1, 0.15) is 12.3 Å². The number of pyridine rings is 1. The number of ether oxygens (including phenoxy) is 2. The van der Waals surface area contributed by atoms with Gasteiger partial charge in [-0.1, -0.05) is 48.0 Å². The minimum Gasteiger partial charge on any atom is -0.394 e. The summed E-state index contributed by atoms with van der Waals surface area (Å²) in [7, 11) is 0. The maximum Gasteiger partial charge on any atom is 0.363 e. The summed E-state index contributed by atoms with van der Waals surface area (Å²) in [5.41, 5.74) is -3.10. The highest BCUT2D eigenvalue weighted by Gasteiger charge is 2.38. The maximum absolute atomic E-state index is 14.8. The standard InChI is InChI=1S/C29H23ClFN3O9/c30-20-9-10-24(36)33(13-20)43-28(39)19-8-4-7-18(11-19)26(37)34-27(38)21(31)14-32(29(34)40)25-12-22(23(15-35)42-25)41-16-17-5-2-1-3-6-17/h1-11,13-14,22-23,25,35H,12,15-16H2/t22?,23-,25-/m0/s1. The van der Waals surface area contributed by atoms with Crippen LogP contribution in [0.1, 0.15) is 38.9 Å². The molecule has 0 amide bonds. The molecule has 1 fully saturated rings. The number of aromatic nitrogens is 3. The molecule has 222 valence electrons. The Balaban J connectivity index is 1.40. The Labute approximate surface area is 246 Å². The lowest BCUT2D eigenvalue weighted by molar-refractivity contribution is -0.0661. The van der Waals surface area contributed by atoms with E-state index in [0.717, 1.165) is 28.5 Å². The second-order valence-electron chi connectivity index (χ2n) is 9.47. The van der Waals surface area contributed by atoms with Crippen molar-refractivity contribution < 1.29 is 33.4 Å². The molecule has 2 aromatic carbocycles. The number of aliphatic hydroxyl groups is 1. The van der Waals surface area contributed by atoms with Gasteiger partial charge in [-0.15, -0.1) is 4.73 Å². The molecule has 1 saturated heterocycles. The SMILES string of the molecule is O=C(On1cc(Cl)ccc1=O)c1cccc(C(=O)n2c(=O)c(F)cn([C@@H]3CC(OCc4ccccc4)[C@H](CO)O3)c2=O)c1. The second kappa shape index (κ2) is 12.7. The van der Waals surface area contributed by atoms with Crippen molar-refractivity contribution in [3.63, 3.8) is 0 Å². The second-order valence-corrected chi connectivity index (χ2v) is 9.90. The molecule has 3 atom stereocenters. The number of carbonyl (C=O) groups excluding carboxylic acids is 2. The first-order chi connectivity index (χ1) is 20.7. The molecule has 0 radical (unpaired) electrons. The lowest BCUT2D eigenvalue weighted by Crippen LogP contribution is -2.46. The molecule has 3 heterocycles. The van der Waals surface area contributed by atoms with Crippen LogP contribution in [0.5, 0.6) is 0 Å². The van der Waals surface area contributed by atoms with E-state index in [1.165, 1.54) is 24.3 Å². The highest BCUT2D eigenvalue weighted by Crippen LogP contribution is 2.30. The van der Waals surface area contributed by atoms with Crippen molar-refractivity contribution in [1.82, 2.24) is 13.9 Å². The summed E-state index contributed by atoms with van der Waals surface area (Å²) >= 11 is 5.83. The summed E-state index contributed by atoms with van der Waals surface area (Å²) in [6.45, 7) is -0.278.